The van der Waals surface area contributed by atoms with Crippen LogP contribution in [0.25, 0.3) is 11.3 Å². The quantitative estimate of drug-likeness (QED) is 0.637. The lowest BCUT2D eigenvalue weighted by Gasteiger charge is -2.11. The minimum atomic E-state index is -3.94. The monoisotopic (exact) mass is 389 g/mol. The normalized spacial score (nSPS) is 13.0. The Hall–Kier alpha value is -2.77. The molecule has 26 heavy (non-hydrogen) atoms. The Morgan fingerprint density at radius 3 is 2.62 bits per heavy atom. The predicted molar refractivity (Wildman–Crippen MR) is 95.4 cm³/mol. The Bertz CT molecular complexity index is 1120. The molecule has 0 bridgehead atoms. The fourth-order valence-corrected chi connectivity index (χ4v) is 4.42. The third kappa shape index (κ3) is 2.75. The van der Waals surface area contributed by atoms with Gasteiger partial charge in [0.1, 0.15) is 0 Å². The van der Waals surface area contributed by atoms with Crippen molar-refractivity contribution in [2.75, 3.05) is 6.79 Å². The van der Waals surface area contributed by atoms with Gasteiger partial charge in [0.15, 0.2) is 17.8 Å². The van der Waals surface area contributed by atoms with E-state index in [4.69, 9.17) is 21.1 Å². The molecule has 0 N–H and O–H groups in total. The SMILES string of the molecule is O=Cc1cc(-c2ccc3c(c2)OCO3)n(S(=O)(=O)c2cccc(Cl)c2)c1. The summed E-state index contributed by atoms with van der Waals surface area (Å²) >= 11 is 5.93. The number of aromatic nitrogens is 1. The van der Waals surface area contributed by atoms with Crippen molar-refractivity contribution in [1.82, 2.24) is 3.97 Å². The van der Waals surface area contributed by atoms with Gasteiger partial charge in [0.25, 0.3) is 10.0 Å². The van der Waals surface area contributed by atoms with E-state index >= 15 is 0 Å². The van der Waals surface area contributed by atoms with Crippen LogP contribution in [0.3, 0.4) is 0 Å². The van der Waals surface area contributed by atoms with Crippen molar-refractivity contribution in [3.63, 3.8) is 0 Å². The molecule has 0 spiro atoms. The Labute approximate surface area is 154 Å². The van der Waals surface area contributed by atoms with Crippen LogP contribution in [-0.2, 0) is 10.0 Å². The van der Waals surface area contributed by atoms with Gasteiger partial charge in [-0.2, -0.15) is 0 Å². The Morgan fingerprint density at radius 2 is 1.85 bits per heavy atom. The lowest BCUT2D eigenvalue weighted by molar-refractivity contribution is 0.112. The summed E-state index contributed by atoms with van der Waals surface area (Å²) in [5, 5.41) is 0.304. The van der Waals surface area contributed by atoms with Crippen molar-refractivity contribution in [2.45, 2.75) is 4.90 Å². The highest BCUT2D eigenvalue weighted by atomic mass is 35.5. The third-order valence-corrected chi connectivity index (χ3v) is 5.87. The second-order valence-electron chi connectivity index (χ2n) is 5.60. The lowest BCUT2D eigenvalue weighted by Crippen LogP contribution is -2.13. The molecule has 2 aromatic carbocycles. The van der Waals surface area contributed by atoms with Gasteiger partial charge in [0.05, 0.1) is 10.6 Å². The number of nitrogens with zero attached hydrogens (tertiary/aromatic N) is 1. The zero-order chi connectivity index (χ0) is 18.3. The maximum absolute atomic E-state index is 13.1. The molecule has 3 aromatic rings. The number of halogens is 1. The van der Waals surface area contributed by atoms with Crippen LogP contribution in [0.2, 0.25) is 5.02 Å². The van der Waals surface area contributed by atoms with Crippen LogP contribution < -0.4 is 9.47 Å². The number of hydrogen-bond acceptors (Lipinski definition) is 5. The van der Waals surface area contributed by atoms with Gasteiger partial charge in [0.2, 0.25) is 6.79 Å². The van der Waals surface area contributed by atoms with Crippen molar-refractivity contribution in [1.29, 1.82) is 0 Å². The number of hydrogen-bond donors (Lipinski definition) is 0. The lowest BCUT2D eigenvalue weighted by atomic mass is 10.1. The molecule has 1 aromatic heterocycles. The van der Waals surface area contributed by atoms with Gasteiger partial charge in [0, 0.05) is 22.3 Å². The van der Waals surface area contributed by atoms with Crippen molar-refractivity contribution >= 4 is 27.9 Å². The fraction of sp³-hybridized carbons (Fsp3) is 0.0556. The highest BCUT2D eigenvalue weighted by Crippen LogP contribution is 2.37. The van der Waals surface area contributed by atoms with Crippen LogP contribution >= 0.6 is 11.6 Å². The second kappa shape index (κ2) is 6.19. The Balaban J connectivity index is 1.90. The summed E-state index contributed by atoms with van der Waals surface area (Å²) in [6.07, 6.45) is 1.88. The maximum Gasteiger partial charge on any atom is 0.268 e. The smallest absolute Gasteiger partial charge is 0.268 e. The molecule has 1 aliphatic rings. The van der Waals surface area contributed by atoms with Crippen LogP contribution in [0.15, 0.2) is 59.6 Å². The molecule has 132 valence electrons. The van der Waals surface area contributed by atoms with Gasteiger partial charge in [-0.25, -0.2) is 12.4 Å². The van der Waals surface area contributed by atoms with E-state index in [9.17, 15) is 13.2 Å². The van der Waals surface area contributed by atoms with Gasteiger partial charge < -0.3 is 9.47 Å². The van der Waals surface area contributed by atoms with Crippen molar-refractivity contribution in [2.24, 2.45) is 0 Å². The zero-order valence-electron chi connectivity index (χ0n) is 13.3. The Kier molecular flexibility index (Phi) is 3.97. The van der Waals surface area contributed by atoms with E-state index in [1.165, 1.54) is 24.4 Å². The zero-order valence-corrected chi connectivity index (χ0v) is 14.8. The Morgan fingerprint density at radius 1 is 1.04 bits per heavy atom. The van der Waals surface area contributed by atoms with Crippen molar-refractivity contribution in [3.8, 4) is 22.8 Å². The van der Waals surface area contributed by atoms with Crippen LogP contribution in [0, 0.1) is 0 Å². The molecule has 0 atom stereocenters. The van der Waals surface area contributed by atoms with E-state index in [-0.39, 0.29) is 17.3 Å². The van der Waals surface area contributed by atoms with E-state index in [2.05, 4.69) is 0 Å². The maximum atomic E-state index is 13.1. The first-order valence-corrected chi connectivity index (χ1v) is 9.39. The molecule has 2 heterocycles. The number of ether oxygens (including phenoxy) is 2. The van der Waals surface area contributed by atoms with Crippen LogP contribution in [-0.4, -0.2) is 25.5 Å². The summed E-state index contributed by atoms with van der Waals surface area (Å²) in [5.41, 5.74) is 1.15. The van der Waals surface area contributed by atoms with Gasteiger partial charge in [-0.05, 0) is 42.5 Å². The molecule has 0 saturated heterocycles. The number of aldehydes is 1. The first-order chi connectivity index (χ1) is 12.5. The minimum absolute atomic E-state index is 0.0278. The molecule has 0 radical (unpaired) electrons. The molecule has 0 fully saturated rings. The minimum Gasteiger partial charge on any atom is -0.454 e. The highest BCUT2D eigenvalue weighted by Gasteiger charge is 2.23. The summed E-state index contributed by atoms with van der Waals surface area (Å²) in [4.78, 5) is 11.3. The summed E-state index contributed by atoms with van der Waals surface area (Å²) in [5.74, 6) is 1.10. The molecule has 6 nitrogen and oxygen atoms in total. The fourth-order valence-electron chi connectivity index (χ4n) is 2.73. The van der Waals surface area contributed by atoms with E-state index < -0.39 is 10.0 Å². The average Bonchev–Trinajstić information content (AvgIpc) is 3.28. The molecule has 0 amide bonds. The molecule has 0 saturated carbocycles. The van der Waals surface area contributed by atoms with E-state index in [1.807, 2.05) is 0 Å². The first-order valence-electron chi connectivity index (χ1n) is 7.58. The topological polar surface area (TPSA) is 74.6 Å². The van der Waals surface area contributed by atoms with Crippen molar-refractivity contribution < 1.29 is 22.7 Å². The summed E-state index contributed by atoms with van der Waals surface area (Å²) in [6.45, 7) is 0.111. The van der Waals surface area contributed by atoms with Crippen LogP contribution in [0.4, 0.5) is 0 Å². The van der Waals surface area contributed by atoms with Gasteiger partial charge >= 0.3 is 0 Å². The summed E-state index contributed by atoms with van der Waals surface area (Å²) < 4.78 is 37.8. The summed E-state index contributed by atoms with van der Waals surface area (Å²) in [7, 11) is -3.94. The highest BCUT2D eigenvalue weighted by molar-refractivity contribution is 7.90. The number of benzene rings is 2. The number of carbonyl (C=O) groups excluding carboxylic acids is 1. The van der Waals surface area contributed by atoms with Gasteiger partial charge in [-0.15, -0.1) is 0 Å². The first kappa shape index (κ1) is 16.7. The molecule has 0 unspecified atom stereocenters. The molecule has 1 aliphatic heterocycles. The molecule has 0 aliphatic carbocycles. The van der Waals surface area contributed by atoms with E-state index in [0.717, 1.165) is 3.97 Å². The summed E-state index contributed by atoms with van der Waals surface area (Å²) in [6, 6.07) is 12.5. The van der Waals surface area contributed by atoms with Crippen LogP contribution in [0.1, 0.15) is 10.4 Å². The van der Waals surface area contributed by atoms with Crippen molar-refractivity contribution in [3.05, 3.63) is 65.3 Å². The molecule has 8 heteroatoms. The molecular weight excluding hydrogens is 378 g/mol. The molecule has 4 rings (SSSR count). The standard InChI is InChI=1S/C18H12ClNO5S/c19-14-2-1-3-15(8-14)26(22,23)20-9-12(10-21)6-16(20)13-4-5-17-18(7-13)25-11-24-17/h1-10H,11H2. The number of fused-ring (bicyclic) bond motifs is 1. The predicted octanol–water partition coefficient (Wildman–Crippen LogP) is 3.59. The van der Waals surface area contributed by atoms with E-state index in [1.54, 1.807) is 30.3 Å². The third-order valence-electron chi connectivity index (χ3n) is 3.96. The number of rotatable bonds is 4. The van der Waals surface area contributed by atoms with Gasteiger partial charge in [-0.3, -0.25) is 4.79 Å². The second-order valence-corrected chi connectivity index (χ2v) is 7.85. The van der Waals surface area contributed by atoms with Gasteiger partial charge in [-0.1, -0.05) is 17.7 Å². The molecular formula is C18H12ClNO5S. The van der Waals surface area contributed by atoms with E-state index in [0.29, 0.717) is 34.1 Å². The number of carbonyl (C=O) groups is 1. The largest absolute Gasteiger partial charge is 0.454 e. The average molecular weight is 390 g/mol. The van der Waals surface area contributed by atoms with Crippen LogP contribution in [0.5, 0.6) is 11.5 Å².